The van der Waals surface area contributed by atoms with Gasteiger partial charge in [0, 0.05) is 25.6 Å². The Labute approximate surface area is 208 Å². The van der Waals surface area contributed by atoms with E-state index < -0.39 is 35.7 Å². The Bertz CT molecular complexity index is 1230. The zero-order valence-electron chi connectivity index (χ0n) is 21.0. The van der Waals surface area contributed by atoms with Gasteiger partial charge < -0.3 is 20.3 Å². The lowest BCUT2D eigenvalue weighted by molar-refractivity contribution is -0.151. The highest BCUT2D eigenvalue weighted by Crippen LogP contribution is 2.22. The fourth-order valence-corrected chi connectivity index (χ4v) is 4.16. The van der Waals surface area contributed by atoms with E-state index in [-0.39, 0.29) is 55.4 Å². The number of nitrogens with two attached hydrogens (primary N) is 1. The number of aromatic nitrogens is 2. The van der Waals surface area contributed by atoms with Crippen molar-refractivity contribution in [2.24, 2.45) is 11.8 Å². The van der Waals surface area contributed by atoms with E-state index in [1.807, 2.05) is 45.9 Å². The van der Waals surface area contributed by atoms with Crippen molar-refractivity contribution < 1.29 is 19.1 Å². The largest absolute Gasteiger partial charge is 0.455 e. The highest BCUT2D eigenvalue weighted by Gasteiger charge is 2.37. The number of carbonyl (C=O) groups is 3. The Morgan fingerprint density at radius 1 is 1.14 bits per heavy atom. The summed E-state index contributed by atoms with van der Waals surface area (Å²) in [6, 6.07) is 9.03. The van der Waals surface area contributed by atoms with Gasteiger partial charge in [-0.1, -0.05) is 44.2 Å². The lowest BCUT2D eigenvalue weighted by Crippen LogP contribution is -2.44. The van der Waals surface area contributed by atoms with Gasteiger partial charge in [0.2, 0.25) is 5.91 Å². The van der Waals surface area contributed by atoms with Crippen LogP contribution in [0.2, 0.25) is 0 Å². The number of anilines is 2. The Kier molecular flexibility index (Phi) is 8.33. The summed E-state index contributed by atoms with van der Waals surface area (Å²) in [6.07, 6.45) is 0.0258. The molecule has 36 heavy (non-hydrogen) atoms. The number of nitrogen functional groups attached to an aromatic ring is 1. The number of aromatic amines is 1. The molecular formula is C25H33N5O6. The molecule has 1 aliphatic heterocycles. The number of hydrogen-bond acceptors (Lipinski definition) is 7. The van der Waals surface area contributed by atoms with Crippen molar-refractivity contribution in [2.45, 2.75) is 46.7 Å². The molecule has 2 amide bonds. The van der Waals surface area contributed by atoms with Crippen LogP contribution in [0.15, 0.2) is 39.9 Å². The maximum absolute atomic E-state index is 13.2. The third kappa shape index (κ3) is 6.02. The van der Waals surface area contributed by atoms with Crippen molar-refractivity contribution >= 4 is 29.3 Å². The first kappa shape index (κ1) is 26.7. The molecule has 0 saturated carbocycles. The summed E-state index contributed by atoms with van der Waals surface area (Å²) in [4.78, 5) is 68.1. The van der Waals surface area contributed by atoms with Gasteiger partial charge in [0.15, 0.2) is 12.3 Å². The van der Waals surface area contributed by atoms with Crippen LogP contribution < -0.4 is 21.9 Å². The average Bonchev–Trinajstić information content (AvgIpc) is 3.21. The molecule has 3 rings (SSSR count). The number of likely N-dealkylation sites (tertiary alicyclic amines) is 1. The summed E-state index contributed by atoms with van der Waals surface area (Å²) in [5.74, 6) is -2.34. The molecule has 2 aromatic rings. The first-order chi connectivity index (χ1) is 17.0. The van der Waals surface area contributed by atoms with Gasteiger partial charge in [0.1, 0.15) is 5.82 Å². The molecule has 11 nitrogen and oxygen atoms in total. The standard InChI is InChI=1S/C25H33N5O6/c1-15(2)11-29(20(32)14-36-24(34)18-10-19(31)28(13-18)16(3)4)21-22(26)30(25(35)27-23(21)33)12-17-8-6-5-7-9-17/h5-9,15-16,18H,10-14,26H2,1-4H3,(H,27,33,35). The number of benzene rings is 1. The summed E-state index contributed by atoms with van der Waals surface area (Å²) in [7, 11) is 0. The maximum atomic E-state index is 13.2. The summed E-state index contributed by atoms with van der Waals surface area (Å²) < 4.78 is 6.43. The number of H-pyrrole nitrogens is 1. The van der Waals surface area contributed by atoms with E-state index in [1.54, 1.807) is 17.0 Å². The monoisotopic (exact) mass is 499 g/mol. The number of amides is 2. The molecule has 1 aromatic heterocycles. The van der Waals surface area contributed by atoms with Gasteiger partial charge in [-0.2, -0.15) is 0 Å². The highest BCUT2D eigenvalue weighted by molar-refractivity contribution is 5.97. The van der Waals surface area contributed by atoms with Crippen LogP contribution in [0.4, 0.5) is 11.5 Å². The van der Waals surface area contributed by atoms with E-state index in [1.165, 1.54) is 4.57 Å². The number of nitrogens with zero attached hydrogens (tertiary/aromatic N) is 3. The van der Waals surface area contributed by atoms with Crippen molar-refractivity contribution in [3.63, 3.8) is 0 Å². The topological polar surface area (TPSA) is 148 Å². The third-order valence-electron chi connectivity index (χ3n) is 5.97. The van der Waals surface area contributed by atoms with Crippen molar-refractivity contribution in [3.05, 3.63) is 56.7 Å². The Hall–Kier alpha value is -3.89. The van der Waals surface area contributed by atoms with E-state index in [0.29, 0.717) is 0 Å². The summed E-state index contributed by atoms with van der Waals surface area (Å²) in [5, 5.41) is 0. The highest BCUT2D eigenvalue weighted by atomic mass is 16.5. The quantitative estimate of drug-likeness (QED) is 0.488. The van der Waals surface area contributed by atoms with E-state index in [2.05, 4.69) is 4.98 Å². The lowest BCUT2D eigenvalue weighted by Gasteiger charge is -2.26. The Morgan fingerprint density at radius 2 is 1.81 bits per heavy atom. The summed E-state index contributed by atoms with van der Waals surface area (Å²) >= 11 is 0. The second kappa shape index (κ2) is 11.2. The fourth-order valence-electron chi connectivity index (χ4n) is 4.16. The van der Waals surface area contributed by atoms with E-state index in [0.717, 1.165) is 10.5 Å². The zero-order chi connectivity index (χ0) is 26.6. The molecule has 1 unspecified atom stereocenters. The van der Waals surface area contributed by atoms with Gasteiger partial charge in [-0.05, 0) is 25.3 Å². The minimum absolute atomic E-state index is 0.0258. The van der Waals surface area contributed by atoms with Crippen molar-refractivity contribution in [1.82, 2.24) is 14.5 Å². The SMILES string of the molecule is CC(C)CN(C(=O)COC(=O)C1CC(=O)N(C(C)C)C1)c1c(N)n(Cc2ccccc2)c(=O)[nH]c1=O. The molecule has 1 aromatic carbocycles. The predicted molar refractivity (Wildman–Crippen MR) is 134 cm³/mol. The van der Waals surface area contributed by atoms with Crippen molar-refractivity contribution in [2.75, 3.05) is 30.3 Å². The first-order valence-corrected chi connectivity index (χ1v) is 11.9. The normalized spacial score (nSPS) is 15.6. The van der Waals surface area contributed by atoms with Crippen LogP contribution in [0, 0.1) is 11.8 Å². The molecule has 2 heterocycles. The van der Waals surface area contributed by atoms with Gasteiger partial charge in [-0.3, -0.25) is 28.7 Å². The molecule has 1 saturated heterocycles. The Balaban J connectivity index is 1.83. The molecule has 0 spiro atoms. The lowest BCUT2D eigenvalue weighted by atomic mass is 10.1. The zero-order valence-corrected chi connectivity index (χ0v) is 21.0. The van der Waals surface area contributed by atoms with Crippen LogP contribution in [-0.4, -0.2) is 58.0 Å². The molecule has 1 fully saturated rings. The molecule has 0 radical (unpaired) electrons. The van der Waals surface area contributed by atoms with Crippen LogP contribution in [0.25, 0.3) is 0 Å². The van der Waals surface area contributed by atoms with Gasteiger partial charge in [0.25, 0.3) is 11.5 Å². The van der Waals surface area contributed by atoms with Gasteiger partial charge in [-0.25, -0.2) is 4.79 Å². The average molecular weight is 500 g/mol. The molecule has 3 N–H and O–H groups in total. The fraction of sp³-hybridized carbons (Fsp3) is 0.480. The van der Waals surface area contributed by atoms with Gasteiger partial charge >= 0.3 is 11.7 Å². The van der Waals surface area contributed by atoms with Gasteiger partial charge in [-0.15, -0.1) is 0 Å². The number of nitrogens with one attached hydrogen (secondary N) is 1. The third-order valence-corrected chi connectivity index (χ3v) is 5.97. The van der Waals surface area contributed by atoms with Gasteiger partial charge in [0.05, 0.1) is 12.5 Å². The molecule has 1 atom stereocenters. The second-order valence-corrected chi connectivity index (χ2v) is 9.61. The number of carbonyl (C=O) groups excluding carboxylic acids is 3. The van der Waals surface area contributed by atoms with Crippen LogP contribution >= 0.6 is 0 Å². The van der Waals surface area contributed by atoms with Crippen LogP contribution in [-0.2, 0) is 25.7 Å². The molecular weight excluding hydrogens is 466 g/mol. The van der Waals surface area contributed by atoms with Crippen LogP contribution in [0.5, 0.6) is 0 Å². The molecule has 0 bridgehead atoms. The van der Waals surface area contributed by atoms with E-state index in [9.17, 15) is 24.0 Å². The van der Waals surface area contributed by atoms with Crippen molar-refractivity contribution in [3.8, 4) is 0 Å². The van der Waals surface area contributed by atoms with E-state index in [4.69, 9.17) is 10.5 Å². The second-order valence-electron chi connectivity index (χ2n) is 9.61. The minimum Gasteiger partial charge on any atom is -0.455 e. The van der Waals surface area contributed by atoms with Crippen molar-refractivity contribution in [1.29, 1.82) is 0 Å². The predicted octanol–water partition coefficient (Wildman–Crippen LogP) is 0.956. The van der Waals surface area contributed by atoms with Crippen LogP contribution in [0.1, 0.15) is 39.7 Å². The summed E-state index contributed by atoms with van der Waals surface area (Å²) in [6.45, 7) is 7.22. The smallest absolute Gasteiger partial charge is 0.330 e. The molecule has 194 valence electrons. The molecule has 0 aliphatic carbocycles. The summed E-state index contributed by atoms with van der Waals surface area (Å²) in [5.41, 5.74) is 5.35. The Morgan fingerprint density at radius 3 is 2.39 bits per heavy atom. The number of ether oxygens (including phenoxy) is 1. The number of hydrogen-bond donors (Lipinski definition) is 2. The first-order valence-electron chi connectivity index (χ1n) is 11.9. The van der Waals surface area contributed by atoms with E-state index >= 15 is 0 Å². The molecule has 11 heteroatoms. The van der Waals surface area contributed by atoms with Crippen LogP contribution in [0.3, 0.4) is 0 Å². The number of esters is 1. The maximum Gasteiger partial charge on any atom is 0.330 e. The molecule has 1 aliphatic rings. The minimum atomic E-state index is -0.809. The number of rotatable bonds is 9.